The van der Waals surface area contributed by atoms with E-state index in [2.05, 4.69) is 22.0 Å². The molecule has 0 saturated heterocycles. The fourth-order valence-electron chi connectivity index (χ4n) is 1.62. The Morgan fingerprint density at radius 2 is 2.26 bits per heavy atom. The minimum Gasteiger partial charge on any atom is -0.375 e. The number of aromatic nitrogens is 3. The molecule has 2 rings (SSSR count). The van der Waals surface area contributed by atoms with Crippen molar-refractivity contribution in [3.63, 3.8) is 0 Å². The molecule has 2 aromatic heterocycles. The molecule has 2 aromatic rings. The number of aryl methyl sites for hydroxylation is 2. The van der Waals surface area contributed by atoms with Crippen molar-refractivity contribution in [1.82, 2.24) is 15.1 Å². The van der Waals surface area contributed by atoms with Crippen molar-refractivity contribution in [2.45, 2.75) is 39.2 Å². The zero-order valence-corrected chi connectivity index (χ0v) is 11.8. The highest BCUT2D eigenvalue weighted by atomic mass is 32.1. The molecule has 0 aromatic carbocycles. The summed E-state index contributed by atoms with van der Waals surface area (Å²) >= 11 is 1.46. The molecule has 0 aliphatic rings. The second-order valence-electron chi connectivity index (χ2n) is 4.19. The molecule has 7 heteroatoms. The van der Waals surface area contributed by atoms with Gasteiger partial charge in [-0.2, -0.15) is 4.98 Å². The summed E-state index contributed by atoms with van der Waals surface area (Å²) in [5.41, 5.74) is 6.60. The number of nitrogens with zero attached hydrogens (tertiary/aromatic N) is 3. The highest BCUT2D eigenvalue weighted by molar-refractivity contribution is 7.13. The summed E-state index contributed by atoms with van der Waals surface area (Å²) in [5.74, 6) is 1.26. The number of nitrogens with two attached hydrogens (primary N) is 1. The summed E-state index contributed by atoms with van der Waals surface area (Å²) in [6.45, 7) is 3.20. The van der Waals surface area contributed by atoms with E-state index in [1.807, 2.05) is 5.38 Å². The monoisotopic (exact) mass is 282 g/mol. The van der Waals surface area contributed by atoms with E-state index >= 15 is 0 Å². The van der Waals surface area contributed by atoms with E-state index in [9.17, 15) is 0 Å². The first-order valence-corrected chi connectivity index (χ1v) is 7.25. The molecule has 0 fully saturated rings. The van der Waals surface area contributed by atoms with Crippen LogP contribution in [0.4, 0.5) is 5.13 Å². The third-order valence-corrected chi connectivity index (χ3v) is 3.21. The minimum atomic E-state index is 0.417. The highest BCUT2D eigenvalue weighted by Gasteiger charge is 2.07. The molecule has 0 unspecified atom stereocenters. The minimum absolute atomic E-state index is 0.417. The highest BCUT2D eigenvalue weighted by Crippen LogP contribution is 2.13. The molecular weight excluding hydrogens is 264 g/mol. The first-order chi connectivity index (χ1) is 9.28. The van der Waals surface area contributed by atoms with Crippen LogP contribution in [0.5, 0.6) is 0 Å². The number of anilines is 1. The lowest BCUT2D eigenvalue weighted by atomic mass is 10.2. The Balaban J connectivity index is 1.71. The van der Waals surface area contributed by atoms with Crippen LogP contribution in [0.15, 0.2) is 9.90 Å². The normalized spacial score (nSPS) is 11.0. The lowest BCUT2D eigenvalue weighted by Crippen LogP contribution is -1.96. The van der Waals surface area contributed by atoms with E-state index in [1.165, 1.54) is 11.3 Å². The van der Waals surface area contributed by atoms with Crippen LogP contribution in [0.2, 0.25) is 0 Å². The number of ether oxygens (including phenoxy) is 1. The van der Waals surface area contributed by atoms with Gasteiger partial charge in [0.05, 0.1) is 5.69 Å². The van der Waals surface area contributed by atoms with Gasteiger partial charge in [0.15, 0.2) is 11.0 Å². The van der Waals surface area contributed by atoms with Gasteiger partial charge in [-0.15, -0.1) is 11.3 Å². The molecule has 2 N–H and O–H groups in total. The summed E-state index contributed by atoms with van der Waals surface area (Å²) in [4.78, 5) is 8.48. The average molecular weight is 282 g/mol. The van der Waals surface area contributed by atoms with Crippen LogP contribution in [0.25, 0.3) is 0 Å². The van der Waals surface area contributed by atoms with Gasteiger partial charge >= 0.3 is 0 Å². The second-order valence-corrected chi connectivity index (χ2v) is 5.08. The van der Waals surface area contributed by atoms with Crippen molar-refractivity contribution in [3.05, 3.63) is 22.8 Å². The van der Waals surface area contributed by atoms with Crippen molar-refractivity contribution in [2.75, 3.05) is 12.3 Å². The van der Waals surface area contributed by atoms with Gasteiger partial charge in [-0.1, -0.05) is 12.1 Å². The first kappa shape index (κ1) is 14.0. The lowest BCUT2D eigenvalue weighted by molar-refractivity contribution is 0.114. The maximum absolute atomic E-state index is 5.58. The predicted octanol–water partition coefficient (Wildman–Crippen LogP) is 2.21. The van der Waals surface area contributed by atoms with E-state index in [0.717, 1.165) is 38.0 Å². The van der Waals surface area contributed by atoms with Crippen molar-refractivity contribution in [2.24, 2.45) is 0 Å². The molecule has 0 amide bonds. The fraction of sp³-hybridized carbons (Fsp3) is 0.583. The third kappa shape index (κ3) is 4.60. The molecule has 6 nitrogen and oxygen atoms in total. The number of thiazole rings is 1. The van der Waals surface area contributed by atoms with E-state index in [-0.39, 0.29) is 0 Å². The molecule has 2 heterocycles. The fourth-order valence-corrected chi connectivity index (χ4v) is 2.21. The van der Waals surface area contributed by atoms with Gasteiger partial charge in [0.25, 0.3) is 0 Å². The van der Waals surface area contributed by atoms with Gasteiger partial charge < -0.3 is 15.0 Å². The lowest BCUT2D eigenvalue weighted by Gasteiger charge is -1.95. The Hall–Kier alpha value is -1.47. The van der Waals surface area contributed by atoms with Crippen LogP contribution in [-0.4, -0.2) is 21.7 Å². The first-order valence-electron chi connectivity index (χ1n) is 6.37. The SMILES string of the molecule is CCCOCc1noc(CCCc2csc(N)n2)n1. The van der Waals surface area contributed by atoms with Crippen LogP contribution in [0, 0.1) is 0 Å². The van der Waals surface area contributed by atoms with Gasteiger partial charge in [0.1, 0.15) is 6.61 Å². The number of rotatable bonds is 8. The molecule has 19 heavy (non-hydrogen) atoms. The Labute approximate surface area is 116 Å². The standard InChI is InChI=1S/C12H18N4O2S/c1-2-6-17-7-10-15-11(18-16-10)5-3-4-9-8-19-12(13)14-9/h8H,2-7H2,1H3,(H2,13,14). The molecule has 104 valence electrons. The van der Waals surface area contributed by atoms with Gasteiger partial charge in [0.2, 0.25) is 5.89 Å². The van der Waals surface area contributed by atoms with Gasteiger partial charge in [-0.05, 0) is 19.3 Å². The zero-order chi connectivity index (χ0) is 13.5. The Kier molecular flexibility index (Phi) is 5.29. The zero-order valence-electron chi connectivity index (χ0n) is 11.0. The quantitative estimate of drug-likeness (QED) is 0.747. The predicted molar refractivity (Wildman–Crippen MR) is 72.8 cm³/mol. The Morgan fingerprint density at radius 1 is 1.37 bits per heavy atom. The van der Waals surface area contributed by atoms with Crippen molar-refractivity contribution in [1.29, 1.82) is 0 Å². The van der Waals surface area contributed by atoms with E-state index < -0.39 is 0 Å². The Morgan fingerprint density at radius 3 is 3.00 bits per heavy atom. The van der Waals surface area contributed by atoms with Crippen LogP contribution in [0.3, 0.4) is 0 Å². The number of hydrogen-bond donors (Lipinski definition) is 1. The van der Waals surface area contributed by atoms with E-state index in [4.69, 9.17) is 15.0 Å². The summed E-state index contributed by atoms with van der Waals surface area (Å²) in [6, 6.07) is 0. The number of hydrogen-bond acceptors (Lipinski definition) is 7. The van der Waals surface area contributed by atoms with Crippen molar-refractivity contribution < 1.29 is 9.26 Å². The molecule has 0 bridgehead atoms. The summed E-state index contributed by atoms with van der Waals surface area (Å²) in [5, 5.41) is 6.47. The van der Waals surface area contributed by atoms with Gasteiger partial charge in [-0.25, -0.2) is 4.98 Å². The van der Waals surface area contributed by atoms with Gasteiger partial charge in [-0.3, -0.25) is 0 Å². The molecule has 0 spiro atoms. The van der Waals surface area contributed by atoms with Crippen LogP contribution in [-0.2, 0) is 24.2 Å². The third-order valence-electron chi connectivity index (χ3n) is 2.48. The molecule has 0 atom stereocenters. The molecular formula is C12H18N4O2S. The summed E-state index contributed by atoms with van der Waals surface area (Å²) < 4.78 is 10.5. The molecule has 0 aliphatic carbocycles. The molecule has 0 saturated carbocycles. The average Bonchev–Trinajstić information content (AvgIpc) is 3.00. The largest absolute Gasteiger partial charge is 0.375 e. The smallest absolute Gasteiger partial charge is 0.226 e. The van der Waals surface area contributed by atoms with E-state index in [1.54, 1.807) is 0 Å². The van der Waals surface area contributed by atoms with Gasteiger partial charge in [0, 0.05) is 18.4 Å². The number of nitrogen functional groups attached to an aromatic ring is 1. The molecule has 0 radical (unpaired) electrons. The summed E-state index contributed by atoms with van der Waals surface area (Å²) in [7, 11) is 0. The van der Waals surface area contributed by atoms with Crippen molar-refractivity contribution in [3.8, 4) is 0 Å². The maximum Gasteiger partial charge on any atom is 0.226 e. The van der Waals surface area contributed by atoms with Crippen LogP contribution in [0.1, 0.15) is 37.2 Å². The van der Waals surface area contributed by atoms with Crippen LogP contribution < -0.4 is 5.73 Å². The van der Waals surface area contributed by atoms with Crippen LogP contribution >= 0.6 is 11.3 Å². The van der Waals surface area contributed by atoms with Crippen molar-refractivity contribution >= 4 is 16.5 Å². The molecule has 0 aliphatic heterocycles. The van der Waals surface area contributed by atoms with E-state index in [0.29, 0.717) is 23.5 Å². The maximum atomic E-state index is 5.58. The second kappa shape index (κ2) is 7.20. The summed E-state index contributed by atoms with van der Waals surface area (Å²) in [6.07, 6.45) is 3.53. The Bertz CT molecular complexity index is 497. The topological polar surface area (TPSA) is 87.1 Å².